The van der Waals surface area contributed by atoms with E-state index in [0.717, 1.165) is 29.8 Å². The molecule has 134 valence electrons. The summed E-state index contributed by atoms with van der Waals surface area (Å²) in [5.41, 5.74) is 3.36. The lowest BCUT2D eigenvalue weighted by Crippen LogP contribution is -2.17. The van der Waals surface area contributed by atoms with Gasteiger partial charge in [-0.25, -0.2) is 4.98 Å². The summed E-state index contributed by atoms with van der Waals surface area (Å²) in [4.78, 5) is 9.38. The Kier molecular flexibility index (Phi) is 4.97. The molecule has 0 amide bonds. The summed E-state index contributed by atoms with van der Waals surface area (Å²) >= 11 is 0. The average Bonchev–Trinajstić information content (AvgIpc) is 3.21. The summed E-state index contributed by atoms with van der Waals surface area (Å²) in [5.74, 6) is 1.35. The maximum absolute atomic E-state index is 9.11. The smallest absolute Gasteiger partial charge is 0.225 e. The molecular formula is C22H21N5. The Morgan fingerprint density at radius 2 is 1.74 bits per heavy atom. The van der Waals surface area contributed by atoms with Gasteiger partial charge in [0, 0.05) is 23.4 Å². The molecule has 2 aromatic carbocycles. The van der Waals surface area contributed by atoms with E-state index in [1.807, 2.05) is 54.6 Å². The fourth-order valence-electron chi connectivity index (χ4n) is 3.40. The van der Waals surface area contributed by atoms with Crippen LogP contribution in [0.4, 0.5) is 17.5 Å². The Morgan fingerprint density at radius 1 is 0.926 bits per heavy atom. The van der Waals surface area contributed by atoms with Gasteiger partial charge in [0.05, 0.1) is 17.3 Å². The molecule has 2 N–H and O–H groups in total. The number of benzene rings is 2. The van der Waals surface area contributed by atoms with Crippen LogP contribution in [0.3, 0.4) is 0 Å². The van der Waals surface area contributed by atoms with Crippen LogP contribution < -0.4 is 10.6 Å². The molecule has 5 nitrogen and oxygen atoms in total. The Balaban J connectivity index is 1.67. The van der Waals surface area contributed by atoms with E-state index in [1.54, 1.807) is 6.07 Å². The topological polar surface area (TPSA) is 73.6 Å². The van der Waals surface area contributed by atoms with Crippen molar-refractivity contribution in [3.8, 4) is 17.3 Å². The summed E-state index contributed by atoms with van der Waals surface area (Å²) in [6.45, 7) is 0. The van der Waals surface area contributed by atoms with Crippen LogP contribution in [0.25, 0.3) is 11.3 Å². The monoisotopic (exact) mass is 355 g/mol. The molecule has 0 unspecified atom stereocenters. The summed E-state index contributed by atoms with van der Waals surface area (Å²) in [6, 6.07) is 22.0. The van der Waals surface area contributed by atoms with Crippen molar-refractivity contribution in [3.63, 3.8) is 0 Å². The van der Waals surface area contributed by atoms with Crippen LogP contribution in [0, 0.1) is 11.3 Å². The van der Waals surface area contributed by atoms with Gasteiger partial charge in [-0.3, -0.25) is 0 Å². The van der Waals surface area contributed by atoms with Gasteiger partial charge in [-0.2, -0.15) is 10.2 Å². The SMILES string of the molecule is N#Cc1cccc(Nc2cc(-c3ccccc3)nc(NC3CCCC3)n2)c1. The van der Waals surface area contributed by atoms with Gasteiger partial charge in [-0.1, -0.05) is 49.2 Å². The molecule has 1 aromatic heterocycles. The molecule has 1 aliphatic carbocycles. The second kappa shape index (κ2) is 7.88. The summed E-state index contributed by atoms with van der Waals surface area (Å²) < 4.78 is 0. The van der Waals surface area contributed by atoms with Crippen molar-refractivity contribution >= 4 is 17.5 Å². The van der Waals surface area contributed by atoms with E-state index in [0.29, 0.717) is 23.4 Å². The van der Waals surface area contributed by atoms with Crippen molar-refractivity contribution in [2.75, 3.05) is 10.6 Å². The van der Waals surface area contributed by atoms with Gasteiger partial charge in [0.2, 0.25) is 5.95 Å². The minimum atomic E-state index is 0.436. The molecule has 1 fully saturated rings. The zero-order valence-corrected chi connectivity index (χ0v) is 15.0. The lowest BCUT2D eigenvalue weighted by Gasteiger charge is -2.15. The zero-order chi connectivity index (χ0) is 18.5. The first-order valence-electron chi connectivity index (χ1n) is 9.28. The Labute approximate surface area is 159 Å². The van der Waals surface area contributed by atoms with Gasteiger partial charge in [0.25, 0.3) is 0 Å². The molecule has 3 aromatic rings. The highest BCUT2D eigenvalue weighted by molar-refractivity contribution is 5.67. The Bertz CT molecular complexity index is 956. The lowest BCUT2D eigenvalue weighted by atomic mass is 10.1. The number of nitrogens with zero attached hydrogens (tertiary/aromatic N) is 3. The maximum Gasteiger partial charge on any atom is 0.225 e. The van der Waals surface area contributed by atoms with E-state index in [1.165, 1.54) is 12.8 Å². The van der Waals surface area contributed by atoms with E-state index in [-0.39, 0.29) is 0 Å². The molecular weight excluding hydrogens is 334 g/mol. The number of nitrogens with one attached hydrogen (secondary N) is 2. The molecule has 27 heavy (non-hydrogen) atoms. The Morgan fingerprint density at radius 3 is 2.52 bits per heavy atom. The number of hydrogen-bond donors (Lipinski definition) is 2. The highest BCUT2D eigenvalue weighted by Gasteiger charge is 2.16. The molecule has 0 spiro atoms. The molecule has 0 bridgehead atoms. The zero-order valence-electron chi connectivity index (χ0n) is 15.0. The summed E-state index contributed by atoms with van der Waals surface area (Å²) in [6.07, 6.45) is 4.82. The van der Waals surface area contributed by atoms with Crippen molar-refractivity contribution in [2.24, 2.45) is 0 Å². The van der Waals surface area contributed by atoms with Crippen molar-refractivity contribution in [1.82, 2.24) is 9.97 Å². The molecule has 1 saturated carbocycles. The van der Waals surface area contributed by atoms with Crippen molar-refractivity contribution < 1.29 is 0 Å². The van der Waals surface area contributed by atoms with Gasteiger partial charge >= 0.3 is 0 Å². The number of anilines is 3. The molecule has 0 aliphatic heterocycles. The largest absolute Gasteiger partial charge is 0.351 e. The number of nitriles is 1. The lowest BCUT2D eigenvalue weighted by molar-refractivity contribution is 0.744. The van der Waals surface area contributed by atoms with E-state index >= 15 is 0 Å². The summed E-state index contributed by atoms with van der Waals surface area (Å²) in [7, 11) is 0. The first kappa shape index (κ1) is 17.0. The van der Waals surface area contributed by atoms with E-state index in [4.69, 9.17) is 10.2 Å². The van der Waals surface area contributed by atoms with Gasteiger partial charge in [-0.15, -0.1) is 0 Å². The summed E-state index contributed by atoms with van der Waals surface area (Å²) in [5, 5.41) is 15.9. The van der Waals surface area contributed by atoms with E-state index < -0.39 is 0 Å². The van der Waals surface area contributed by atoms with Gasteiger partial charge in [-0.05, 0) is 31.0 Å². The molecule has 5 heteroatoms. The van der Waals surface area contributed by atoms with Crippen LogP contribution in [0.5, 0.6) is 0 Å². The van der Waals surface area contributed by atoms with Crippen molar-refractivity contribution in [1.29, 1.82) is 5.26 Å². The predicted molar refractivity (Wildman–Crippen MR) is 108 cm³/mol. The highest BCUT2D eigenvalue weighted by atomic mass is 15.2. The van der Waals surface area contributed by atoms with Crippen LogP contribution >= 0.6 is 0 Å². The van der Waals surface area contributed by atoms with Gasteiger partial charge in [0.1, 0.15) is 5.82 Å². The van der Waals surface area contributed by atoms with Crippen molar-refractivity contribution in [2.45, 2.75) is 31.7 Å². The molecule has 1 aliphatic rings. The normalized spacial score (nSPS) is 13.9. The second-order valence-corrected chi connectivity index (χ2v) is 6.77. The maximum atomic E-state index is 9.11. The molecule has 0 radical (unpaired) electrons. The molecule has 4 rings (SSSR count). The Hall–Kier alpha value is -3.39. The standard InChI is InChI=1S/C22H21N5/c23-15-16-7-6-12-19(13-16)24-21-14-20(17-8-2-1-3-9-17)26-22(27-21)25-18-10-4-5-11-18/h1-3,6-9,12-14,18H,4-5,10-11H2,(H2,24,25,26,27). The van der Waals surface area contributed by atoms with Crippen LogP contribution in [-0.4, -0.2) is 16.0 Å². The van der Waals surface area contributed by atoms with Crippen LogP contribution in [0.2, 0.25) is 0 Å². The predicted octanol–water partition coefficient (Wildman–Crippen LogP) is 5.11. The molecule has 0 atom stereocenters. The molecule has 1 heterocycles. The fourth-order valence-corrected chi connectivity index (χ4v) is 3.40. The van der Waals surface area contributed by atoms with Crippen LogP contribution in [0.15, 0.2) is 60.7 Å². The molecule has 0 saturated heterocycles. The minimum absolute atomic E-state index is 0.436. The van der Waals surface area contributed by atoms with Crippen molar-refractivity contribution in [3.05, 3.63) is 66.2 Å². The third-order valence-corrected chi connectivity index (χ3v) is 4.75. The van der Waals surface area contributed by atoms with E-state index in [9.17, 15) is 0 Å². The third kappa shape index (κ3) is 4.24. The van der Waals surface area contributed by atoms with Gasteiger partial charge < -0.3 is 10.6 Å². The second-order valence-electron chi connectivity index (χ2n) is 6.77. The first-order chi connectivity index (χ1) is 13.3. The first-order valence-corrected chi connectivity index (χ1v) is 9.28. The fraction of sp³-hybridized carbons (Fsp3) is 0.227. The number of hydrogen-bond acceptors (Lipinski definition) is 5. The average molecular weight is 355 g/mol. The van der Waals surface area contributed by atoms with Gasteiger partial charge in [0.15, 0.2) is 0 Å². The number of aromatic nitrogens is 2. The van der Waals surface area contributed by atoms with Crippen LogP contribution in [-0.2, 0) is 0 Å². The third-order valence-electron chi connectivity index (χ3n) is 4.75. The minimum Gasteiger partial charge on any atom is -0.351 e. The highest BCUT2D eigenvalue weighted by Crippen LogP contribution is 2.26. The van der Waals surface area contributed by atoms with E-state index in [2.05, 4.69) is 21.7 Å². The quantitative estimate of drug-likeness (QED) is 0.665. The van der Waals surface area contributed by atoms with Crippen LogP contribution in [0.1, 0.15) is 31.2 Å². The number of rotatable bonds is 5.